The van der Waals surface area contributed by atoms with Crippen LogP contribution in [0.5, 0.6) is 0 Å². The molecule has 0 unspecified atom stereocenters. The van der Waals surface area contributed by atoms with Crippen LogP contribution in [0, 0.1) is 0 Å². The quantitative estimate of drug-likeness (QED) is 0.713. The summed E-state index contributed by atoms with van der Waals surface area (Å²) in [4.78, 5) is 11.8. The van der Waals surface area contributed by atoms with E-state index in [0.29, 0.717) is 5.82 Å². The largest absolute Gasteiger partial charge is 0.481 e. The first-order chi connectivity index (χ1) is 5.92. The van der Waals surface area contributed by atoms with Crippen molar-refractivity contribution in [3.63, 3.8) is 0 Å². The number of carboxylic acid groups (broad SMARTS) is 1. The minimum absolute atomic E-state index is 0.00130. The number of aliphatic carboxylic acids is 1. The molecule has 72 valence electrons. The zero-order valence-electron chi connectivity index (χ0n) is 7.85. The first kappa shape index (κ1) is 9.63. The van der Waals surface area contributed by atoms with Gasteiger partial charge < -0.3 is 5.11 Å². The van der Waals surface area contributed by atoms with Gasteiger partial charge in [-0.05, 0) is 5.21 Å². The lowest BCUT2D eigenvalue weighted by Gasteiger charge is -2.16. The molecule has 1 heterocycles. The Bertz CT molecular complexity index is 318. The van der Waals surface area contributed by atoms with Crippen LogP contribution in [0.3, 0.4) is 0 Å². The highest BCUT2D eigenvalue weighted by Crippen LogP contribution is 2.22. The molecule has 13 heavy (non-hydrogen) atoms. The van der Waals surface area contributed by atoms with E-state index in [2.05, 4.69) is 15.4 Å². The summed E-state index contributed by atoms with van der Waals surface area (Å²) in [5, 5.41) is 20.0. The minimum Gasteiger partial charge on any atom is -0.481 e. The van der Waals surface area contributed by atoms with Gasteiger partial charge in [0.1, 0.15) is 0 Å². The van der Waals surface area contributed by atoms with Gasteiger partial charge in [0.2, 0.25) is 0 Å². The Labute approximate surface area is 75.6 Å². The Morgan fingerprint density at radius 1 is 1.62 bits per heavy atom. The number of tetrazole rings is 1. The lowest BCUT2D eigenvalue weighted by Crippen LogP contribution is -2.23. The van der Waals surface area contributed by atoms with Gasteiger partial charge in [-0.15, -0.1) is 10.2 Å². The van der Waals surface area contributed by atoms with E-state index in [1.165, 1.54) is 4.80 Å². The molecule has 6 nitrogen and oxygen atoms in total. The number of hydrogen-bond donors (Lipinski definition) is 1. The van der Waals surface area contributed by atoms with Gasteiger partial charge in [-0.25, -0.2) is 0 Å². The molecular formula is C7H12N4O2. The molecule has 1 aromatic heterocycles. The number of carbonyl (C=O) groups is 1. The predicted molar refractivity (Wildman–Crippen MR) is 44.1 cm³/mol. The average molecular weight is 184 g/mol. The predicted octanol–water partition coefficient (Wildman–Crippen LogP) is -0.0376. The molecule has 1 rings (SSSR count). The summed E-state index contributed by atoms with van der Waals surface area (Å²) in [7, 11) is 1.65. The number of aromatic nitrogens is 4. The molecule has 0 amide bonds. The summed E-state index contributed by atoms with van der Waals surface area (Å²) < 4.78 is 0. The summed E-state index contributed by atoms with van der Waals surface area (Å²) in [6.45, 7) is 3.55. The lowest BCUT2D eigenvalue weighted by molar-refractivity contribution is -0.138. The van der Waals surface area contributed by atoms with E-state index in [9.17, 15) is 4.79 Å². The van der Waals surface area contributed by atoms with Crippen molar-refractivity contribution in [3.8, 4) is 0 Å². The Hall–Kier alpha value is -1.46. The van der Waals surface area contributed by atoms with Gasteiger partial charge in [-0.3, -0.25) is 4.79 Å². The van der Waals surface area contributed by atoms with E-state index < -0.39 is 11.4 Å². The Morgan fingerprint density at radius 2 is 2.23 bits per heavy atom. The molecule has 0 radical (unpaired) electrons. The summed E-state index contributed by atoms with van der Waals surface area (Å²) in [6.07, 6.45) is -0.00130. The molecule has 6 heteroatoms. The van der Waals surface area contributed by atoms with Gasteiger partial charge in [0.25, 0.3) is 0 Å². The van der Waals surface area contributed by atoms with E-state index in [4.69, 9.17) is 5.11 Å². The second-order valence-corrected chi connectivity index (χ2v) is 3.56. The summed E-state index contributed by atoms with van der Waals surface area (Å²) in [5.74, 6) is -0.408. The van der Waals surface area contributed by atoms with Gasteiger partial charge in [-0.2, -0.15) is 4.80 Å². The zero-order valence-corrected chi connectivity index (χ0v) is 7.85. The molecule has 0 aliphatic rings. The highest BCUT2D eigenvalue weighted by molar-refractivity contribution is 5.68. The molecule has 0 aliphatic carbocycles. The maximum absolute atomic E-state index is 10.5. The van der Waals surface area contributed by atoms with Crippen molar-refractivity contribution in [1.82, 2.24) is 20.2 Å². The van der Waals surface area contributed by atoms with Crippen LogP contribution < -0.4 is 0 Å². The van der Waals surface area contributed by atoms with Gasteiger partial charge in [0.15, 0.2) is 5.82 Å². The van der Waals surface area contributed by atoms with Gasteiger partial charge >= 0.3 is 5.97 Å². The summed E-state index contributed by atoms with van der Waals surface area (Å²) >= 11 is 0. The molecule has 0 saturated heterocycles. The smallest absolute Gasteiger partial charge is 0.304 e. The fourth-order valence-corrected chi connectivity index (χ4v) is 1.01. The van der Waals surface area contributed by atoms with Crippen molar-refractivity contribution in [1.29, 1.82) is 0 Å². The molecule has 1 aromatic rings. The highest BCUT2D eigenvalue weighted by Gasteiger charge is 2.28. The van der Waals surface area contributed by atoms with Gasteiger partial charge in [0.05, 0.1) is 13.5 Å². The first-order valence-electron chi connectivity index (χ1n) is 3.88. The van der Waals surface area contributed by atoms with E-state index in [0.717, 1.165) is 0 Å². The lowest BCUT2D eigenvalue weighted by atomic mass is 9.89. The Morgan fingerprint density at radius 3 is 2.62 bits per heavy atom. The number of carboxylic acids is 1. The third kappa shape index (κ3) is 2.24. The van der Waals surface area contributed by atoms with Crippen LogP contribution >= 0.6 is 0 Å². The molecule has 1 N–H and O–H groups in total. The number of nitrogens with zero attached hydrogens (tertiary/aromatic N) is 4. The highest BCUT2D eigenvalue weighted by atomic mass is 16.4. The SMILES string of the molecule is Cn1nnc(C(C)(C)CC(=O)O)n1. The minimum atomic E-state index is -0.863. The molecule has 0 aromatic carbocycles. The molecule has 0 saturated carbocycles. The number of rotatable bonds is 3. The third-order valence-electron chi connectivity index (χ3n) is 1.71. The molecule has 0 atom stereocenters. The molecule has 0 bridgehead atoms. The maximum atomic E-state index is 10.5. The van der Waals surface area contributed by atoms with Crippen molar-refractivity contribution in [2.75, 3.05) is 0 Å². The van der Waals surface area contributed by atoms with Crippen LogP contribution in [0.1, 0.15) is 26.1 Å². The zero-order chi connectivity index (χ0) is 10.1. The first-order valence-corrected chi connectivity index (χ1v) is 3.88. The van der Waals surface area contributed by atoms with Gasteiger partial charge in [0, 0.05) is 5.41 Å². The van der Waals surface area contributed by atoms with Crippen LogP contribution in [0.4, 0.5) is 0 Å². The van der Waals surface area contributed by atoms with Crippen LogP contribution in [-0.4, -0.2) is 31.3 Å². The molecule has 0 aliphatic heterocycles. The monoisotopic (exact) mass is 184 g/mol. The standard InChI is InChI=1S/C7H12N4O2/c1-7(2,4-5(12)13)6-8-10-11(3)9-6/h4H2,1-3H3,(H,12,13). The molecular weight excluding hydrogens is 172 g/mol. The van der Waals surface area contributed by atoms with E-state index in [1.807, 2.05) is 0 Å². The third-order valence-corrected chi connectivity index (χ3v) is 1.71. The maximum Gasteiger partial charge on any atom is 0.304 e. The van der Waals surface area contributed by atoms with Gasteiger partial charge in [-0.1, -0.05) is 13.8 Å². The second-order valence-electron chi connectivity index (χ2n) is 3.56. The second kappa shape index (κ2) is 3.12. The van der Waals surface area contributed by atoms with Crippen LogP contribution in [0.2, 0.25) is 0 Å². The fourth-order valence-electron chi connectivity index (χ4n) is 1.01. The number of hydrogen-bond acceptors (Lipinski definition) is 4. The molecule has 0 fully saturated rings. The normalized spacial score (nSPS) is 11.6. The van der Waals surface area contributed by atoms with Crippen molar-refractivity contribution < 1.29 is 9.90 Å². The van der Waals surface area contributed by atoms with Crippen LogP contribution in [0.15, 0.2) is 0 Å². The van der Waals surface area contributed by atoms with Crippen molar-refractivity contribution in [2.45, 2.75) is 25.7 Å². The van der Waals surface area contributed by atoms with Crippen molar-refractivity contribution in [2.24, 2.45) is 7.05 Å². The van der Waals surface area contributed by atoms with Crippen molar-refractivity contribution in [3.05, 3.63) is 5.82 Å². The van der Waals surface area contributed by atoms with E-state index >= 15 is 0 Å². The topological polar surface area (TPSA) is 80.9 Å². The van der Waals surface area contributed by atoms with E-state index in [-0.39, 0.29) is 6.42 Å². The summed E-state index contributed by atoms with van der Waals surface area (Å²) in [5.41, 5.74) is -0.569. The number of aryl methyl sites for hydroxylation is 1. The molecule has 0 spiro atoms. The Kier molecular flexibility index (Phi) is 2.31. The van der Waals surface area contributed by atoms with E-state index in [1.54, 1.807) is 20.9 Å². The Balaban J connectivity index is 2.86. The van der Waals surface area contributed by atoms with Crippen molar-refractivity contribution >= 4 is 5.97 Å². The van der Waals surface area contributed by atoms with Crippen LogP contribution in [-0.2, 0) is 17.3 Å². The van der Waals surface area contributed by atoms with Crippen LogP contribution in [0.25, 0.3) is 0 Å². The fraction of sp³-hybridized carbons (Fsp3) is 0.714. The summed E-state index contributed by atoms with van der Waals surface area (Å²) in [6, 6.07) is 0. The average Bonchev–Trinajstić information content (AvgIpc) is 2.32.